The lowest BCUT2D eigenvalue weighted by Gasteiger charge is -2.32. The van der Waals surface area contributed by atoms with Crippen molar-refractivity contribution in [2.45, 2.75) is 38.9 Å². The Morgan fingerprint density at radius 3 is 2.15 bits per heavy atom. The van der Waals surface area contributed by atoms with E-state index in [1.54, 1.807) is 13.3 Å². The van der Waals surface area contributed by atoms with Crippen LogP contribution in [0, 0.1) is 0 Å². The molecule has 0 atom stereocenters. The molecule has 1 aromatic rings. The second-order valence-corrected chi connectivity index (χ2v) is 6.28. The molecule has 0 N–H and O–H groups in total. The highest BCUT2D eigenvalue weighted by molar-refractivity contribution is 6.62. The Hall–Kier alpha value is -1.27. The summed E-state index contributed by atoms with van der Waals surface area (Å²) in [7, 11) is 5.11. The first kappa shape index (κ1) is 15.1. The SMILES string of the molecule is COc1ncc(B2OC(C)(C)C(C)(C)O2)cc1N(C)C. The smallest absolute Gasteiger partial charge is 0.480 e. The first-order valence-corrected chi connectivity index (χ1v) is 6.75. The number of pyridine rings is 1. The predicted molar refractivity (Wildman–Crippen MR) is 80.8 cm³/mol. The number of ether oxygens (including phenoxy) is 1. The minimum atomic E-state index is -0.405. The molecule has 1 aliphatic rings. The monoisotopic (exact) mass is 278 g/mol. The van der Waals surface area contributed by atoms with Crippen LogP contribution in [0.25, 0.3) is 0 Å². The minimum Gasteiger partial charge on any atom is -0.480 e. The number of aromatic nitrogens is 1. The van der Waals surface area contributed by atoms with E-state index in [2.05, 4.69) is 4.98 Å². The fourth-order valence-electron chi connectivity index (χ4n) is 2.04. The quantitative estimate of drug-likeness (QED) is 0.783. The van der Waals surface area contributed by atoms with Crippen LogP contribution >= 0.6 is 0 Å². The molecular formula is C14H23BN2O3. The topological polar surface area (TPSA) is 43.8 Å². The second-order valence-electron chi connectivity index (χ2n) is 6.28. The molecule has 2 heterocycles. The van der Waals surface area contributed by atoms with Crippen molar-refractivity contribution in [3.63, 3.8) is 0 Å². The molecule has 1 aliphatic heterocycles. The average molecular weight is 278 g/mol. The molecule has 6 heteroatoms. The maximum atomic E-state index is 6.04. The van der Waals surface area contributed by atoms with E-state index in [0.29, 0.717) is 5.88 Å². The van der Waals surface area contributed by atoms with Gasteiger partial charge in [0.25, 0.3) is 0 Å². The third-order valence-corrected chi connectivity index (χ3v) is 4.05. The van der Waals surface area contributed by atoms with Crippen molar-refractivity contribution in [2.24, 2.45) is 0 Å². The number of methoxy groups -OCH3 is 1. The van der Waals surface area contributed by atoms with Crippen LogP contribution in [0.2, 0.25) is 0 Å². The first-order valence-electron chi connectivity index (χ1n) is 6.75. The van der Waals surface area contributed by atoms with Crippen LogP contribution in [0.1, 0.15) is 27.7 Å². The molecule has 110 valence electrons. The Morgan fingerprint density at radius 1 is 1.15 bits per heavy atom. The van der Waals surface area contributed by atoms with Crippen molar-refractivity contribution in [3.8, 4) is 5.88 Å². The molecule has 0 amide bonds. The summed E-state index contributed by atoms with van der Waals surface area (Å²) in [6, 6.07) is 1.99. The maximum absolute atomic E-state index is 6.04. The molecular weight excluding hydrogens is 255 g/mol. The van der Waals surface area contributed by atoms with Crippen LogP contribution < -0.4 is 15.1 Å². The van der Waals surface area contributed by atoms with Crippen molar-refractivity contribution >= 4 is 18.3 Å². The number of hydrogen-bond donors (Lipinski definition) is 0. The largest absolute Gasteiger partial charge is 0.496 e. The summed E-state index contributed by atoms with van der Waals surface area (Å²) in [5.41, 5.74) is 1.10. The Morgan fingerprint density at radius 2 is 1.70 bits per heavy atom. The van der Waals surface area contributed by atoms with Gasteiger partial charge in [-0.25, -0.2) is 4.98 Å². The van der Waals surface area contributed by atoms with E-state index in [1.165, 1.54) is 0 Å². The van der Waals surface area contributed by atoms with Crippen molar-refractivity contribution in [1.82, 2.24) is 4.98 Å². The fraction of sp³-hybridized carbons (Fsp3) is 0.643. The molecule has 5 nitrogen and oxygen atoms in total. The summed E-state index contributed by atoms with van der Waals surface area (Å²) < 4.78 is 17.3. The zero-order valence-corrected chi connectivity index (χ0v) is 13.4. The lowest BCUT2D eigenvalue weighted by molar-refractivity contribution is 0.00578. The van der Waals surface area contributed by atoms with Crippen LogP contribution in [-0.2, 0) is 9.31 Å². The van der Waals surface area contributed by atoms with E-state index in [9.17, 15) is 0 Å². The second kappa shape index (κ2) is 4.93. The molecule has 0 spiro atoms. The highest BCUT2D eigenvalue weighted by Gasteiger charge is 2.51. The van der Waals surface area contributed by atoms with Crippen molar-refractivity contribution in [1.29, 1.82) is 0 Å². The highest BCUT2D eigenvalue weighted by Crippen LogP contribution is 2.36. The van der Waals surface area contributed by atoms with Gasteiger partial charge in [0.05, 0.1) is 24.0 Å². The zero-order valence-electron chi connectivity index (χ0n) is 13.4. The summed E-state index contributed by atoms with van der Waals surface area (Å²) >= 11 is 0. The summed E-state index contributed by atoms with van der Waals surface area (Å²) in [5, 5.41) is 0. The Bertz CT molecular complexity index is 487. The van der Waals surface area contributed by atoms with E-state index >= 15 is 0 Å². The van der Waals surface area contributed by atoms with Crippen LogP contribution in [0.3, 0.4) is 0 Å². The van der Waals surface area contributed by atoms with E-state index in [-0.39, 0.29) is 11.2 Å². The van der Waals surface area contributed by atoms with Gasteiger partial charge in [-0.15, -0.1) is 0 Å². The zero-order chi connectivity index (χ0) is 15.1. The fourth-order valence-corrected chi connectivity index (χ4v) is 2.04. The van der Waals surface area contributed by atoms with E-state index < -0.39 is 7.12 Å². The van der Waals surface area contributed by atoms with Gasteiger partial charge in [-0.05, 0) is 33.8 Å². The van der Waals surface area contributed by atoms with Crippen LogP contribution in [0.4, 0.5) is 5.69 Å². The third kappa shape index (κ3) is 2.50. The van der Waals surface area contributed by atoms with Gasteiger partial charge >= 0.3 is 7.12 Å². The van der Waals surface area contributed by atoms with Crippen LogP contribution in [-0.4, -0.2) is 44.5 Å². The number of hydrogen-bond acceptors (Lipinski definition) is 5. The summed E-state index contributed by atoms with van der Waals surface area (Å²) in [6.45, 7) is 8.15. The molecule has 1 fully saturated rings. The third-order valence-electron chi connectivity index (χ3n) is 4.05. The molecule has 0 unspecified atom stereocenters. The normalized spacial score (nSPS) is 20.1. The molecule has 0 radical (unpaired) electrons. The van der Waals surface area contributed by atoms with Crippen molar-refractivity contribution < 1.29 is 14.0 Å². The molecule has 0 aliphatic carbocycles. The molecule has 1 aromatic heterocycles. The lowest BCUT2D eigenvalue weighted by Crippen LogP contribution is -2.41. The van der Waals surface area contributed by atoms with Crippen molar-refractivity contribution in [2.75, 3.05) is 26.1 Å². The van der Waals surface area contributed by atoms with Gasteiger partial charge in [-0.1, -0.05) is 0 Å². The molecule has 0 aromatic carbocycles. The standard InChI is InChI=1S/C14H23BN2O3/c1-13(2)14(3,4)20-15(19-13)10-8-11(17(5)6)12(18-7)16-9-10/h8-9H,1-7H3. The number of nitrogens with zero attached hydrogens (tertiary/aromatic N) is 2. The van der Waals surface area contributed by atoms with E-state index in [1.807, 2.05) is 52.8 Å². The van der Waals surface area contributed by atoms with Gasteiger partial charge < -0.3 is 18.9 Å². The molecule has 1 saturated heterocycles. The molecule has 2 rings (SSSR count). The Balaban J connectivity index is 2.34. The number of rotatable bonds is 3. The molecule has 20 heavy (non-hydrogen) atoms. The van der Waals surface area contributed by atoms with E-state index in [0.717, 1.165) is 11.2 Å². The van der Waals surface area contributed by atoms with Gasteiger partial charge in [0.15, 0.2) is 0 Å². The highest BCUT2D eigenvalue weighted by atomic mass is 16.7. The molecule has 0 saturated carbocycles. The average Bonchev–Trinajstić information content (AvgIpc) is 2.57. The summed E-state index contributed by atoms with van der Waals surface area (Å²) in [4.78, 5) is 6.29. The number of anilines is 1. The Labute approximate surface area is 121 Å². The van der Waals surface area contributed by atoms with Crippen molar-refractivity contribution in [3.05, 3.63) is 12.3 Å². The van der Waals surface area contributed by atoms with Gasteiger partial charge in [0.2, 0.25) is 5.88 Å². The summed E-state index contributed by atoms with van der Waals surface area (Å²) in [5.74, 6) is 0.593. The maximum Gasteiger partial charge on any atom is 0.496 e. The Kier molecular flexibility index (Phi) is 3.73. The van der Waals surface area contributed by atoms with Gasteiger partial charge in [-0.2, -0.15) is 0 Å². The lowest BCUT2D eigenvalue weighted by atomic mass is 9.80. The minimum absolute atomic E-state index is 0.351. The first-order chi connectivity index (χ1) is 9.18. The van der Waals surface area contributed by atoms with Gasteiger partial charge in [-0.3, -0.25) is 0 Å². The van der Waals surface area contributed by atoms with Gasteiger partial charge in [0.1, 0.15) is 0 Å². The van der Waals surface area contributed by atoms with E-state index in [4.69, 9.17) is 14.0 Å². The predicted octanol–water partition coefficient (Wildman–Crippen LogP) is 1.46. The van der Waals surface area contributed by atoms with Crippen LogP contribution in [0.15, 0.2) is 12.3 Å². The van der Waals surface area contributed by atoms with Crippen LogP contribution in [0.5, 0.6) is 5.88 Å². The van der Waals surface area contributed by atoms with Gasteiger partial charge in [0, 0.05) is 25.8 Å². The summed E-state index contributed by atoms with van der Waals surface area (Å²) in [6.07, 6.45) is 1.74. The molecule has 0 bridgehead atoms.